The molecule has 4 heteroatoms. The Kier molecular flexibility index (Phi) is 14.2. The number of alkyl halides is 1. The molecule has 0 aliphatic carbocycles. The minimum Gasteiger partial charge on any atom is -0.518 e. The number of para-hydroxylation sites is 2. The van der Waals surface area contributed by atoms with Gasteiger partial charge in [-0.25, -0.2) is 0 Å². The summed E-state index contributed by atoms with van der Waals surface area (Å²) in [6.07, 6.45) is 7.88. The molecule has 1 heterocycles. The second kappa shape index (κ2) is 15.7. The summed E-state index contributed by atoms with van der Waals surface area (Å²) in [6.45, 7) is 26.8. The third-order valence-corrected chi connectivity index (χ3v) is 6.52. The van der Waals surface area contributed by atoms with Gasteiger partial charge in [-0.15, -0.1) is 11.6 Å². The predicted octanol–water partition coefficient (Wildman–Crippen LogP) is 9.97. The third-order valence-electron chi connectivity index (χ3n) is 6.25. The van der Waals surface area contributed by atoms with E-state index in [1.807, 2.05) is 0 Å². The number of anilines is 2. The van der Waals surface area contributed by atoms with Gasteiger partial charge < -0.3 is 16.4 Å². The van der Waals surface area contributed by atoms with Crippen LogP contribution in [-0.2, 0) is 22.4 Å². The fourth-order valence-electron chi connectivity index (χ4n) is 4.34. The molecule has 2 aromatic rings. The number of hydrogen-bond donors (Lipinski definition) is 0. The molecule has 0 aromatic heterocycles. The van der Waals surface area contributed by atoms with Gasteiger partial charge >= 0.3 is 22.4 Å². The average molecular weight is 689 g/mol. The van der Waals surface area contributed by atoms with Gasteiger partial charge in [0.05, 0.1) is 11.4 Å². The van der Waals surface area contributed by atoms with Crippen LogP contribution in [0.2, 0.25) is 0 Å². The molecule has 0 atom stereocenters. The topological polar surface area (TPSA) is 6.48 Å². The molecule has 2 aromatic carbocycles. The molecule has 2 nitrogen and oxygen atoms in total. The first-order chi connectivity index (χ1) is 16.6. The number of allylic oxidation sites excluding steroid dienone is 1. The molecule has 1 aliphatic rings. The average Bonchev–Trinajstić information content (AvgIpc) is 3.31. The zero-order valence-electron chi connectivity index (χ0n) is 23.3. The second-order valence-corrected chi connectivity index (χ2v) is 10.8. The fraction of sp³-hybridized carbons (Fsp3) is 0.469. The van der Waals surface area contributed by atoms with E-state index in [-0.39, 0.29) is 22.4 Å². The molecule has 2 radical (unpaired) electrons. The van der Waals surface area contributed by atoms with E-state index in [4.69, 9.17) is 18.2 Å². The molecular formula is C32H44AuClN2. The van der Waals surface area contributed by atoms with E-state index in [1.165, 1.54) is 33.6 Å². The summed E-state index contributed by atoms with van der Waals surface area (Å²) in [5.74, 6) is 2.56. The van der Waals surface area contributed by atoms with Gasteiger partial charge in [-0.1, -0.05) is 98.2 Å². The van der Waals surface area contributed by atoms with Crippen LogP contribution in [0.5, 0.6) is 0 Å². The van der Waals surface area contributed by atoms with Gasteiger partial charge in [0.1, 0.15) is 0 Å². The third kappa shape index (κ3) is 8.28. The van der Waals surface area contributed by atoms with Crippen molar-refractivity contribution in [3.63, 3.8) is 0 Å². The van der Waals surface area contributed by atoms with Gasteiger partial charge in [0, 0.05) is 18.3 Å². The van der Waals surface area contributed by atoms with Crippen molar-refractivity contribution in [2.24, 2.45) is 0 Å². The standard InChI is InChI=1S/C27H36N2.C5H8Cl.Au/c1-18(2)22-11-9-12-23(19(3)4)26(22)28-15-16-29(17-28)27-24(20(5)6)13-10-14-25(27)21(7)8;1-2-3-4-5-6;/h9-16,18-21H,1-8H3;1-2H,3-5H2;/q;-1;+1. The number of halogens is 1. The number of benzene rings is 2. The van der Waals surface area contributed by atoms with Gasteiger partial charge in [0.2, 0.25) is 6.67 Å². The van der Waals surface area contributed by atoms with Crippen molar-refractivity contribution in [2.45, 2.75) is 91.9 Å². The molecular weight excluding hydrogens is 645 g/mol. The largest absolute Gasteiger partial charge is 1.00 e. The summed E-state index contributed by atoms with van der Waals surface area (Å²) < 4.78 is 0. The number of rotatable bonds is 9. The van der Waals surface area contributed by atoms with Crippen LogP contribution in [-0.4, -0.2) is 5.88 Å². The van der Waals surface area contributed by atoms with Crippen molar-refractivity contribution >= 4 is 23.0 Å². The van der Waals surface area contributed by atoms with Gasteiger partial charge in [0.15, 0.2) is 0 Å². The molecule has 0 saturated carbocycles. The van der Waals surface area contributed by atoms with Crippen LogP contribution in [0.25, 0.3) is 0 Å². The van der Waals surface area contributed by atoms with Crippen LogP contribution in [0.4, 0.5) is 11.4 Å². The summed E-state index contributed by atoms with van der Waals surface area (Å²) in [5.41, 5.74) is 8.05. The molecule has 0 saturated heterocycles. The molecule has 0 fully saturated rings. The minimum absolute atomic E-state index is 0. The maximum Gasteiger partial charge on any atom is 1.00 e. The Balaban J connectivity index is 0.000000827. The smallest absolute Gasteiger partial charge is 0.518 e. The summed E-state index contributed by atoms with van der Waals surface area (Å²) in [6, 6.07) is 13.4. The Bertz CT molecular complexity index is 854. The molecule has 3 rings (SSSR count). The Morgan fingerprint density at radius 3 is 1.28 bits per heavy atom. The Morgan fingerprint density at radius 2 is 1.06 bits per heavy atom. The van der Waals surface area contributed by atoms with Gasteiger partial charge in [0.25, 0.3) is 0 Å². The summed E-state index contributed by atoms with van der Waals surface area (Å²) in [7, 11) is 0. The van der Waals surface area contributed by atoms with E-state index < -0.39 is 0 Å². The normalized spacial score (nSPS) is 12.9. The monoisotopic (exact) mass is 688 g/mol. The van der Waals surface area contributed by atoms with E-state index in [0.717, 1.165) is 12.8 Å². The van der Waals surface area contributed by atoms with Crippen molar-refractivity contribution < 1.29 is 22.4 Å². The van der Waals surface area contributed by atoms with Crippen LogP contribution >= 0.6 is 11.6 Å². The molecule has 0 amide bonds. The molecule has 0 bridgehead atoms. The molecule has 0 unspecified atom stereocenters. The SMILES string of the molecule is CC(C)c1cccc(C(C)C)c1N1[C]N(c2c(C(C)C)cccc2C(C)C)C=C1.[Au+].[CH-]=CCCCCl. The van der Waals surface area contributed by atoms with E-state index in [2.05, 4.69) is 121 Å². The summed E-state index contributed by atoms with van der Waals surface area (Å²) >= 11 is 5.30. The Labute approximate surface area is 242 Å². The second-order valence-electron chi connectivity index (χ2n) is 10.4. The molecule has 0 N–H and O–H groups in total. The van der Waals surface area contributed by atoms with Crippen LogP contribution < -0.4 is 9.80 Å². The van der Waals surface area contributed by atoms with Crippen LogP contribution in [0, 0.1) is 13.2 Å². The maximum absolute atomic E-state index is 5.30. The summed E-state index contributed by atoms with van der Waals surface area (Å²) in [5, 5.41) is 0. The molecule has 36 heavy (non-hydrogen) atoms. The zero-order chi connectivity index (χ0) is 26.1. The first-order valence-corrected chi connectivity index (χ1v) is 13.5. The van der Waals surface area contributed by atoms with Gasteiger partial charge in [-0.05, 0) is 52.3 Å². The maximum atomic E-state index is 5.30. The van der Waals surface area contributed by atoms with Gasteiger partial charge in [-0.3, -0.25) is 6.08 Å². The van der Waals surface area contributed by atoms with Crippen molar-refractivity contribution in [1.29, 1.82) is 0 Å². The first-order valence-electron chi connectivity index (χ1n) is 13.0. The molecule has 0 spiro atoms. The predicted molar refractivity (Wildman–Crippen MR) is 155 cm³/mol. The van der Waals surface area contributed by atoms with Crippen molar-refractivity contribution in [3.05, 3.63) is 90.4 Å². The van der Waals surface area contributed by atoms with E-state index >= 15 is 0 Å². The minimum atomic E-state index is 0. The van der Waals surface area contributed by atoms with E-state index in [1.54, 1.807) is 6.08 Å². The number of unbranched alkanes of at least 4 members (excludes halogenated alkanes) is 1. The van der Waals surface area contributed by atoms with Crippen molar-refractivity contribution in [2.75, 3.05) is 15.7 Å². The number of nitrogens with zero attached hydrogens (tertiary/aromatic N) is 2. The van der Waals surface area contributed by atoms with Crippen molar-refractivity contribution in [3.8, 4) is 0 Å². The Hall–Kier alpha value is -1.45. The van der Waals surface area contributed by atoms with Crippen LogP contribution in [0.15, 0.2) is 54.9 Å². The number of hydrogen-bond acceptors (Lipinski definition) is 2. The van der Waals surface area contributed by atoms with E-state index in [9.17, 15) is 0 Å². The summed E-state index contributed by atoms with van der Waals surface area (Å²) in [4.78, 5) is 4.40. The Morgan fingerprint density at radius 1 is 0.722 bits per heavy atom. The van der Waals surface area contributed by atoms with E-state index in [0.29, 0.717) is 29.6 Å². The van der Waals surface area contributed by atoms with Crippen molar-refractivity contribution in [1.82, 2.24) is 0 Å². The first kappa shape index (κ1) is 32.6. The molecule has 1 aliphatic heterocycles. The van der Waals surface area contributed by atoms with Crippen LogP contribution in [0.1, 0.15) is 114 Å². The quantitative estimate of drug-likeness (QED) is 0.112. The zero-order valence-corrected chi connectivity index (χ0v) is 26.2. The fourth-order valence-corrected chi connectivity index (χ4v) is 4.49. The van der Waals surface area contributed by atoms with Gasteiger partial charge in [-0.2, -0.15) is 0 Å². The molecule has 200 valence electrons. The van der Waals surface area contributed by atoms with Crippen LogP contribution in [0.3, 0.4) is 0 Å².